The van der Waals surface area contributed by atoms with E-state index in [4.69, 9.17) is 5.73 Å². The van der Waals surface area contributed by atoms with E-state index in [1.807, 2.05) is 0 Å². The first-order chi connectivity index (χ1) is 7.20. The van der Waals surface area contributed by atoms with Crippen LogP contribution in [-0.4, -0.2) is 17.6 Å². The number of hydrogen-bond donors (Lipinski definition) is 1. The van der Waals surface area contributed by atoms with Gasteiger partial charge in [0.15, 0.2) is 5.13 Å². The van der Waals surface area contributed by atoms with Crippen LogP contribution in [0.25, 0.3) is 0 Å². The van der Waals surface area contributed by atoms with Gasteiger partial charge in [0.2, 0.25) is 0 Å². The lowest BCUT2D eigenvalue weighted by atomic mass is 10.2. The van der Waals surface area contributed by atoms with Crippen molar-refractivity contribution in [2.45, 2.75) is 39.3 Å². The van der Waals surface area contributed by atoms with Crippen LogP contribution in [0.2, 0.25) is 0 Å². The Labute approximate surface area is 95.3 Å². The van der Waals surface area contributed by atoms with E-state index in [1.54, 1.807) is 11.3 Å². The second kappa shape index (κ2) is 4.49. The molecule has 1 aromatic heterocycles. The van der Waals surface area contributed by atoms with Crippen molar-refractivity contribution in [3.05, 3.63) is 11.1 Å². The number of anilines is 1. The summed E-state index contributed by atoms with van der Waals surface area (Å²) in [7, 11) is 0. The highest BCUT2D eigenvalue weighted by atomic mass is 32.1. The minimum Gasteiger partial charge on any atom is -0.345 e. The summed E-state index contributed by atoms with van der Waals surface area (Å²) in [6, 6.07) is 0.740. The maximum Gasteiger partial charge on any atom is 0.185 e. The Kier molecular flexibility index (Phi) is 3.26. The van der Waals surface area contributed by atoms with E-state index in [0.29, 0.717) is 12.5 Å². The number of hydrogen-bond acceptors (Lipinski definition) is 4. The van der Waals surface area contributed by atoms with Crippen LogP contribution < -0.4 is 10.6 Å². The maximum atomic E-state index is 5.58. The van der Waals surface area contributed by atoms with E-state index in [2.05, 4.69) is 29.1 Å². The van der Waals surface area contributed by atoms with Crippen molar-refractivity contribution in [3.8, 4) is 0 Å². The molecule has 0 unspecified atom stereocenters. The van der Waals surface area contributed by atoms with Crippen LogP contribution in [0.5, 0.6) is 0 Å². The first-order valence-electron chi connectivity index (χ1n) is 5.61. The molecule has 0 radical (unpaired) electrons. The second-order valence-corrected chi connectivity index (χ2v) is 5.44. The van der Waals surface area contributed by atoms with Crippen molar-refractivity contribution in [2.24, 2.45) is 11.7 Å². The lowest BCUT2D eigenvalue weighted by molar-refractivity contribution is 0.606. The van der Waals surface area contributed by atoms with Gasteiger partial charge in [-0.25, -0.2) is 4.98 Å². The third kappa shape index (κ3) is 2.69. The van der Waals surface area contributed by atoms with Crippen LogP contribution in [0.15, 0.2) is 5.38 Å². The monoisotopic (exact) mass is 225 g/mol. The highest BCUT2D eigenvalue weighted by molar-refractivity contribution is 7.13. The highest BCUT2D eigenvalue weighted by Gasteiger charge is 2.31. The second-order valence-electron chi connectivity index (χ2n) is 4.60. The normalized spacial score (nSPS) is 16.0. The van der Waals surface area contributed by atoms with Gasteiger partial charge in [-0.15, -0.1) is 11.3 Å². The molecule has 4 heteroatoms. The zero-order valence-electron chi connectivity index (χ0n) is 9.44. The molecule has 0 aliphatic heterocycles. The number of rotatable bonds is 5. The van der Waals surface area contributed by atoms with E-state index in [1.165, 1.54) is 12.8 Å². The summed E-state index contributed by atoms with van der Waals surface area (Å²) < 4.78 is 0. The van der Waals surface area contributed by atoms with E-state index < -0.39 is 0 Å². The van der Waals surface area contributed by atoms with Gasteiger partial charge in [0.05, 0.1) is 5.69 Å². The van der Waals surface area contributed by atoms with Crippen molar-refractivity contribution >= 4 is 16.5 Å². The Bertz CT molecular complexity index is 317. The Morgan fingerprint density at radius 3 is 2.80 bits per heavy atom. The van der Waals surface area contributed by atoms with Crippen molar-refractivity contribution in [1.82, 2.24) is 4.98 Å². The SMILES string of the molecule is CC(C)CN(c1nc(CN)cs1)C1CC1. The quantitative estimate of drug-likeness (QED) is 0.835. The molecule has 1 saturated carbocycles. The predicted octanol–water partition coefficient (Wildman–Crippen LogP) is 2.23. The Hall–Kier alpha value is -0.610. The molecular formula is C11H19N3S. The standard InChI is InChI=1S/C11H19N3S/c1-8(2)6-14(10-3-4-10)11-13-9(5-12)7-15-11/h7-8,10H,3-6,12H2,1-2H3. The number of thiazole rings is 1. The van der Waals surface area contributed by atoms with E-state index in [9.17, 15) is 0 Å². The molecule has 2 rings (SSSR count). The van der Waals surface area contributed by atoms with Crippen molar-refractivity contribution in [1.29, 1.82) is 0 Å². The molecule has 0 saturated heterocycles. The molecule has 1 aromatic rings. The Morgan fingerprint density at radius 1 is 1.60 bits per heavy atom. The summed E-state index contributed by atoms with van der Waals surface area (Å²) in [5, 5.41) is 3.23. The average Bonchev–Trinajstić information content (AvgIpc) is 2.92. The molecule has 2 N–H and O–H groups in total. The fourth-order valence-corrected chi connectivity index (χ4v) is 2.60. The minimum atomic E-state index is 0.552. The van der Waals surface area contributed by atoms with Gasteiger partial charge < -0.3 is 10.6 Å². The molecule has 3 nitrogen and oxygen atoms in total. The molecule has 1 fully saturated rings. The van der Waals surface area contributed by atoms with Gasteiger partial charge >= 0.3 is 0 Å². The van der Waals surface area contributed by atoms with Gasteiger partial charge in [-0.05, 0) is 18.8 Å². The maximum absolute atomic E-state index is 5.58. The van der Waals surface area contributed by atoms with Crippen molar-refractivity contribution < 1.29 is 0 Å². The summed E-state index contributed by atoms with van der Waals surface area (Å²) in [5.41, 5.74) is 6.60. The highest BCUT2D eigenvalue weighted by Crippen LogP contribution is 2.33. The first-order valence-corrected chi connectivity index (χ1v) is 6.49. The predicted molar refractivity (Wildman–Crippen MR) is 65.2 cm³/mol. The van der Waals surface area contributed by atoms with Gasteiger partial charge in [0, 0.05) is 24.5 Å². The fraction of sp³-hybridized carbons (Fsp3) is 0.727. The Balaban J connectivity index is 2.09. The minimum absolute atomic E-state index is 0.552. The van der Waals surface area contributed by atoms with Gasteiger partial charge in [-0.3, -0.25) is 0 Å². The molecule has 1 heterocycles. The average molecular weight is 225 g/mol. The molecule has 0 atom stereocenters. The lowest BCUT2D eigenvalue weighted by Crippen LogP contribution is -2.29. The van der Waals surface area contributed by atoms with Crippen LogP contribution in [0.4, 0.5) is 5.13 Å². The molecule has 0 bridgehead atoms. The molecule has 15 heavy (non-hydrogen) atoms. The summed E-state index contributed by atoms with van der Waals surface area (Å²) in [5.74, 6) is 0.691. The van der Waals surface area contributed by atoms with Gasteiger partial charge in [0.1, 0.15) is 0 Å². The van der Waals surface area contributed by atoms with Crippen molar-refractivity contribution in [2.75, 3.05) is 11.4 Å². The van der Waals surface area contributed by atoms with Crippen LogP contribution in [0, 0.1) is 5.92 Å². The fourth-order valence-electron chi connectivity index (χ4n) is 1.68. The van der Waals surface area contributed by atoms with Crippen molar-refractivity contribution in [3.63, 3.8) is 0 Å². The van der Waals surface area contributed by atoms with Gasteiger partial charge in [0.25, 0.3) is 0 Å². The molecular weight excluding hydrogens is 206 g/mol. The molecule has 1 aliphatic carbocycles. The van der Waals surface area contributed by atoms with Crippen LogP contribution in [0.1, 0.15) is 32.4 Å². The number of aromatic nitrogens is 1. The Morgan fingerprint density at radius 2 is 2.33 bits per heavy atom. The number of nitrogens with zero attached hydrogens (tertiary/aromatic N) is 2. The van der Waals surface area contributed by atoms with Crippen LogP contribution >= 0.6 is 11.3 Å². The van der Waals surface area contributed by atoms with Crippen LogP contribution in [-0.2, 0) is 6.54 Å². The largest absolute Gasteiger partial charge is 0.345 e. The van der Waals surface area contributed by atoms with E-state index >= 15 is 0 Å². The van der Waals surface area contributed by atoms with Crippen LogP contribution in [0.3, 0.4) is 0 Å². The molecule has 1 aliphatic rings. The zero-order valence-corrected chi connectivity index (χ0v) is 10.3. The molecule has 0 amide bonds. The zero-order chi connectivity index (χ0) is 10.8. The third-order valence-corrected chi connectivity index (χ3v) is 3.47. The molecule has 0 spiro atoms. The molecule has 84 valence electrons. The molecule has 0 aromatic carbocycles. The van der Waals surface area contributed by atoms with E-state index in [-0.39, 0.29) is 0 Å². The van der Waals surface area contributed by atoms with Gasteiger partial charge in [-0.2, -0.15) is 0 Å². The summed E-state index contributed by atoms with van der Waals surface area (Å²) >= 11 is 1.73. The van der Waals surface area contributed by atoms with Gasteiger partial charge in [-0.1, -0.05) is 13.8 Å². The topological polar surface area (TPSA) is 42.2 Å². The smallest absolute Gasteiger partial charge is 0.185 e. The van der Waals surface area contributed by atoms with E-state index in [0.717, 1.165) is 23.4 Å². The summed E-state index contributed by atoms with van der Waals surface area (Å²) in [6.07, 6.45) is 2.65. The third-order valence-electron chi connectivity index (χ3n) is 2.54. The summed E-state index contributed by atoms with van der Waals surface area (Å²) in [6.45, 7) is 6.18. The summed E-state index contributed by atoms with van der Waals surface area (Å²) in [4.78, 5) is 7.02. The lowest BCUT2D eigenvalue weighted by Gasteiger charge is -2.23. The first kappa shape index (κ1) is 10.9. The number of nitrogens with two attached hydrogens (primary N) is 1.